The van der Waals surface area contributed by atoms with Gasteiger partial charge in [0.05, 0.1) is 0 Å². The Kier molecular flexibility index (Phi) is 2.49. The van der Waals surface area contributed by atoms with E-state index in [-0.39, 0.29) is 0 Å². The minimum absolute atomic E-state index is 0.474. The molecule has 15 heavy (non-hydrogen) atoms. The summed E-state index contributed by atoms with van der Waals surface area (Å²) in [6.07, 6.45) is 7.03. The summed E-state index contributed by atoms with van der Waals surface area (Å²) in [6.45, 7) is 1.95. The van der Waals surface area contributed by atoms with Gasteiger partial charge in [0.1, 0.15) is 5.15 Å². The van der Waals surface area contributed by atoms with E-state index in [1.54, 1.807) is 12.3 Å². The molecule has 0 unspecified atom stereocenters. The highest BCUT2D eigenvalue weighted by Crippen LogP contribution is 2.22. The quantitative estimate of drug-likeness (QED) is 0.576. The lowest BCUT2D eigenvalue weighted by Crippen LogP contribution is -1.80. The van der Waals surface area contributed by atoms with Gasteiger partial charge in [0.25, 0.3) is 0 Å². The van der Waals surface area contributed by atoms with Gasteiger partial charge in [-0.25, -0.2) is 4.98 Å². The molecule has 0 aromatic carbocycles. The number of H-pyrrole nitrogens is 1. The molecule has 2 aromatic heterocycles. The van der Waals surface area contributed by atoms with Crippen molar-refractivity contribution in [3.63, 3.8) is 0 Å². The summed E-state index contributed by atoms with van der Waals surface area (Å²) < 4.78 is 0. The largest absolute Gasteiger partial charge is 0.358 e. The summed E-state index contributed by atoms with van der Waals surface area (Å²) in [6, 6.07) is 5.62. The van der Waals surface area contributed by atoms with Crippen molar-refractivity contribution in [2.75, 3.05) is 0 Å². The second-order valence-corrected chi connectivity index (χ2v) is 3.62. The van der Waals surface area contributed by atoms with Crippen LogP contribution in [0.25, 0.3) is 11.3 Å². The van der Waals surface area contributed by atoms with Crippen molar-refractivity contribution >= 4 is 11.6 Å². The maximum absolute atomic E-state index is 5.81. The number of hydrogen-bond acceptors (Lipinski definition) is 1. The molecule has 0 spiro atoms. The molecule has 0 radical (unpaired) electrons. The molecule has 74 valence electrons. The van der Waals surface area contributed by atoms with Crippen LogP contribution in [0.1, 0.15) is 11.3 Å². The Labute approximate surface area is 93.3 Å². The maximum atomic E-state index is 5.81. The van der Waals surface area contributed by atoms with Crippen LogP contribution in [0.15, 0.2) is 24.4 Å². The van der Waals surface area contributed by atoms with Crippen LogP contribution in [0.5, 0.6) is 0 Å². The van der Waals surface area contributed by atoms with Gasteiger partial charge in [-0.15, -0.1) is 6.42 Å². The number of halogens is 1. The van der Waals surface area contributed by atoms with Crippen molar-refractivity contribution in [2.45, 2.75) is 6.92 Å². The molecule has 2 heterocycles. The number of aryl methyl sites for hydroxylation is 1. The molecule has 3 heteroatoms. The summed E-state index contributed by atoms with van der Waals surface area (Å²) in [5, 5.41) is 0.474. The second kappa shape index (κ2) is 3.80. The van der Waals surface area contributed by atoms with E-state index in [1.165, 1.54) is 0 Å². The van der Waals surface area contributed by atoms with Gasteiger partial charge in [0.15, 0.2) is 0 Å². The van der Waals surface area contributed by atoms with E-state index in [0.29, 0.717) is 5.15 Å². The van der Waals surface area contributed by atoms with Crippen molar-refractivity contribution in [1.29, 1.82) is 0 Å². The van der Waals surface area contributed by atoms with Crippen LogP contribution in [0, 0.1) is 19.3 Å². The second-order valence-electron chi connectivity index (χ2n) is 3.23. The number of aromatic nitrogens is 2. The maximum Gasteiger partial charge on any atom is 0.129 e. The molecule has 0 aliphatic carbocycles. The van der Waals surface area contributed by atoms with Gasteiger partial charge in [0, 0.05) is 28.7 Å². The molecule has 1 N–H and O–H groups in total. The monoisotopic (exact) mass is 216 g/mol. The molecule has 0 aliphatic heterocycles. The minimum Gasteiger partial charge on any atom is -0.358 e. The lowest BCUT2D eigenvalue weighted by atomic mass is 10.2. The fourth-order valence-corrected chi connectivity index (χ4v) is 1.61. The van der Waals surface area contributed by atoms with Crippen LogP contribution >= 0.6 is 11.6 Å². The highest BCUT2D eigenvalue weighted by atomic mass is 35.5. The third kappa shape index (κ3) is 1.88. The summed E-state index contributed by atoms with van der Waals surface area (Å²) in [7, 11) is 0. The zero-order chi connectivity index (χ0) is 10.8. The van der Waals surface area contributed by atoms with E-state index in [1.807, 2.05) is 19.1 Å². The van der Waals surface area contributed by atoms with E-state index in [9.17, 15) is 0 Å². The fraction of sp³-hybridized carbons (Fsp3) is 0.0833. The van der Waals surface area contributed by atoms with E-state index >= 15 is 0 Å². The first-order chi connectivity index (χ1) is 7.20. The fourth-order valence-electron chi connectivity index (χ4n) is 1.43. The van der Waals surface area contributed by atoms with Crippen molar-refractivity contribution in [3.8, 4) is 23.6 Å². The predicted octanol–water partition coefficient (Wildman–Crippen LogP) is 3.02. The highest BCUT2D eigenvalue weighted by molar-refractivity contribution is 6.29. The summed E-state index contributed by atoms with van der Waals surface area (Å²) in [4.78, 5) is 7.14. The van der Waals surface area contributed by atoms with Crippen molar-refractivity contribution in [1.82, 2.24) is 9.97 Å². The smallest absolute Gasteiger partial charge is 0.129 e. The zero-order valence-corrected chi connectivity index (χ0v) is 8.97. The SMILES string of the molecule is C#Cc1cc(-c2ccnc(Cl)c2)[nH]c1C. The number of nitrogens with zero attached hydrogens (tertiary/aromatic N) is 1. The zero-order valence-electron chi connectivity index (χ0n) is 8.21. The lowest BCUT2D eigenvalue weighted by Gasteiger charge is -1.97. The molecular formula is C12H9ClN2. The first-order valence-corrected chi connectivity index (χ1v) is 4.86. The molecule has 0 saturated heterocycles. The van der Waals surface area contributed by atoms with Gasteiger partial charge in [-0.3, -0.25) is 0 Å². The molecule has 2 rings (SSSR count). The van der Waals surface area contributed by atoms with Crippen molar-refractivity contribution in [3.05, 3.63) is 40.8 Å². The van der Waals surface area contributed by atoms with Crippen molar-refractivity contribution in [2.24, 2.45) is 0 Å². The Balaban J connectivity index is 2.51. The van der Waals surface area contributed by atoms with Gasteiger partial charge in [-0.1, -0.05) is 17.5 Å². The van der Waals surface area contributed by atoms with Crippen LogP contribution in [-0.2, 0) is 0 Å². The normalized spacial score (nSPS) is 9.93. The van der Waals surface area contributed by atoms with Gasteiger partial charge in [-0.05, 0) is 25.1 Å². The highest BCUT2D eigenvalue weighted by Gasteiger charge is 2.04. The van der Waals surface area contributed by atoms with Crippen LogP contribution in [-0.4, -0.2) is 9.97 Å². The molecule has 0 saturated carbocycles. The van der Waals surface area contributed by atoms with Gasteiger partial charge < -0.3 is 4.98 Å². The molecule has 0 aliphatic rings. The van der Waals surface area contributed by atoms with Crippen molar-refractivity contribution < 1.29 is 0 Å². The average molecular weight is 217 g/mol. The lowest BCUT2D eigenvalue weighted by molar-refractivity contribution is 1.25. The van der Waals surface area contributed by atoms with E-state index < -0.39 is 0 Å². The minimum atomic E-state index is 0.474. The Morgan fingerprint density at radius 2 is 2.27 bits per heavy atom. The molecular weight excluding hydrogens is 208 g/mol. The number of terminal acetylenes is 1. The summed E-state index contributed by atoms with van der Waals surface area (Å²) >= 11 is 5.81. The standard InChI is InChI=1S/C12H9ClN2/c1-3-9-6-11(15-8(9)2)10-4-5-14-12(13)7-10/h1,4-7,15H,2H3. The average Bonchev–Trinajstić information content (AvgIpc) is 2.60. The van der Waals surface area contributed by atoms with Crippen LogP contribution in [0.2, 0.25) is 5.15 Å². The van der Waals surface area contributed by atoms with E-state index in [4.69, 9.17) is 18.0 Å². The summed E-state index contributed by atoms with van der Waals surface area (Å²) in [5.41, 5.74) is 3.81. The van der Waals surface area contributed by atoms with E-state index in [2.05, 4.69) is 15.9 Å². The molecule has 0 amide bonds. The van der Waals surface area contributed by atoms with Gasteiger partial charge in [0.2, 0.25) is 0 Å². The first-order valence-electron chi connectivity index (χ1n) is 4.49. The Hall–Kier alpha value is -1.72. The molecule has 2 aromatic rings. The van der Waals surface area contributed by atoms with Crippen LogP contribution in [0.3, 0.4) is 0 Å². The van der Waals surface area contributed by atoms with Gasteiger partial charge >= 0.3 is 0 Å². The van der Waals surface area contributed by atoms with Crippen LogP contribution in [0.4, 0.5) is 0 Å². The molecule has 0 atom stereocenters. The number of rotatable bonds is 1. The van der Waals surface area contributed by atoms with Crippen LogP contribution < -0.4 is 0 Å². The Bertz CT molecular complexity index is 535. The third-order valence-corrected chi connectivity index (χ3v) is 2.41. The third-order valence-electron chi connectivity index (χ3n) is 2.21. The number of aromatic amines is 1. The summed E-state index contributed by atoms with van der Waals surface area (Å²) in [5.74, 6) is 2.62. The Morgan fingerprint density at radius 1 is 1.47 bits per heavy atom. The number of hydrogen-bond donors (Lipinski definition) is 1. The Morgan fingerprint density at radius 3 is 2.87 bits per heavy atom. The van der Waals surface area contributed by atoms with Gasteiger partial charge in [-0.2, -0.15) is 0 Å². The molecule has 0 fully saturated rings. The number of pyridine rings is 1. The molecule has 0 bridgehead atoms. The number of nitrogens with one attached hydrogen (secondary N) is 1. The topological polar surface area (TPSA) is 28.7 Å². The molecule has 2 nitrogen and oxygen atoms in total. The first kappa shape index (κ1) is 9.82. The van der Waals surface area contributed by atoms with E-state index in [0.717, 1.165) is 22.5 Å². The predicted molar refractivity (Wildman–Crippen MR) is 61.7 cm³/mol.